The van der Waals surface area contributed by atoms with Gasteiger partial charge in [-0.15, -0.1) is 0 Å². The number of benzene rings is 3. The van der Waals surface area contributed by atoms with Gasteiger partial charge in [-0.1, -0.05) is 74.8 Å². The molecule has 4 fully saturated rings. The Morgan fingerprint density at radius 3 is 2.15 bits per heavy atom. The van der Waals surface area contributed by atoms with Crippen molar-refractivity contribution in [1.82, 2.24) is 0 Å². The summed E-state index contributed by atoms with van der Waals surface area (Å²) in [6.07, 6.45) is 5.89. The first-order valence-electron chi connectivity index (χ1n) is 12.9. The Kier molecular flexibility index (Phi) is 3.37. The molecule has 6 unspecified atom stereocenters. The van der Waals surface area contributed by atoms with E-state index in [2.05, 4.69) is 81.4 Å². The van der Waals surface area contributed by atoms with Crippen molar-refractivity contribution in [2.75, 3.05) is 0 Å². The number of fused-ring (bicyclic) bond motifs is 8. The number of hydrogen-bond acceptors (Lipinski definition) is 0. The molecule has 0 amide bonds. The largest absolute Gasteiger partial charge is 0.0843 e. The fraction of sp³-hybridized carbons (Fsp3) is 0.438. The van der Waals surface area contributed by atoms with Crippen LogP contribution in [0.2, 0.25) is 5.02 Å². The number of hydrogen-bond donors (Lipinski definition) is 0. The van der Waals surface area contributed by atoms with Crippen LogP contribution in [0.1, 0.15) is 63.1 Å². The Hall–Kier alpha value is -2.05. The van der Waals surface area contributed by atoms with Gasteiger partial charge in [0.15, 0.2) is 0 Å². The zero-order valence-electron chi connectivity index (χ0n) is 19.8. The van der Waals surface area contributed by atoms with Crippen LogP contribution in [0.25, 0.3) is 22.3 Å². The first-order valence-corrected chi connectivity index (χ1v) is 13.3. The molecule has 3 aromatic carbocycles. The number of halogens is 1. The summed E-state index contributed by atoms with van der Waals surface area (Å²) < 4.78 is 0. The van der Waals surface area contributed by atoms with E-state index in [1.807, 2.05) is 0 Å². The van der Waals surface area contributed by atoms with Crippen LogP contribution in [-0.2, 0) is 10.8 Å². The van der Waals surface area contributed by atoms with Crippen molar-refractivity contribution in [1.29, 1.82) is 0 Å². The minimum absolute atomic E-state index is 0.185. The van der Waals surface area contributed by atoms with Crippen molar-refractivity contribution < 1.29 is 0 Å². The molecule has 0 heterocycles. The van der Waals surface area contributed by atoms with Crippen LogP contribution in [0, 0.1) is 29.1 Å². The van der Waals surface area contributed by atoms with Crippen molar-refractivity contribution in [3.8, 4) is 22.3 Å². The molecular formula is C32H31Cl. The third-order valence-electron chi connectivity index (χ3n) is 10.8. The normalized spacial score (nSPS) is 36.2. The van der Waals surface area contributed by atoms with Crippen LogP contribution < -0.4 is 0 Å². The van der Waals surface area contributed by atoms with E-state index in [4.69, 9.17) is 11.6 Å². The van der Waals surface area contributed by atoms with Crippen molar-refractivity contribution in [2.24, 2.45) is 29.1 Å². The van der Waals surface area contributed by atoms with Crippen molar-refractivity contribution in [2.45, 2.75) is 57.3 Å². The van der Waals surface area contributed by atoms with Gasteiger partial charge in [0.25, 0.3) is 0 Å². The minimum Gasteiger partial charge on any atom is -0.0843 e. The van der Waals surface area contributed by atoms with E-state index in [1.54, 1.807) is 11.1 Å². The lowest BCUT2D eigenvalue weighted by Crippen LogP contribution is -2.73. The summed E-state index contributed by atoms with van der Waals surface area (Å²) in [4.78, 5) is 0. The molecule has 0 aromatic heterocycles. The van der Waals surface area contributed by atoms with Gasteiger partial charge in [0.05, 0.1) is 0 Å². The van der Waals surface area contributed by atoms with Crippen molar-refractivity contribution >= 4 is 11.6 Å². The summed E-state index contributed by atoms with van der Waals surface area (Å²) >= 11 is 6.63. The Bertz CT molecular complexity index is 1340. The van der Waals surface area contributed by atoms with E-state index in [0.29, 0.717) is 5.41 Å². The highest BCUT2D eigenvalue weighted by Crippen LogP contribution is 2.89. The fourth-order valence-electron chi connectivity index (χ4n) is 9.68. The van der Waals surface area contributed by atoms with Crippen LogP contribution in [0.4, 0.5) is 0 Å². The van der Waals surface area contributed by atoms with E-state index in [9.17, 15) is 0 Å². The molecule has 1 heteroatoms. The second-order valence-electron chi connectivity index (χ2n) is 12.8. The van der Waals surface area contributed by atoms with Crippen LogP contribution >= 0.6 is 11.6 Å². The quantitative estimate of drug-likeness (QED) is 0.348. The van der Waals surface area contributed by atoms with Gasteiger partial charge in [-0.3, -0.25) is 0 Å². The van der Waals surface area contributed by atoms with Gasteiger partial charge in [-0.25, -0.2) is 0 Å². The summed E-state index contributed by atoms with van der Waals surface area (Å²) in [7, 11) is 0. The van der Waals surface area contributed by atoms with E-state index in [0.717, 1.165) is 28.7 Å². The lowest BCUT2D eigenvalue weighted by molar-refractivity contribution is -0.231. The van der Waals surface area contributed by atoms with Gasteiger partial charge in [0.2, 0.25) is 0 Å². The summed E-state index contributed by atoms with van der Waals surface area (Å²) in [5.41, 5.74) is 11.2. The third-order valence-corrected chi connectivity index (χ3v) is 11.0. The Morgan fingerprint density at radius 1 is 0.758 bits per heavy atom. The van der Waals surface area contributed by atoms with Crippen LogP contribution in [-0.4, -0.2) is 0 Å². The topological polar surface area (TPSA) is 0 Å². The van der Waals surface area contributed by atoms with E-state index in [1.165, 1.54) is 53.5 Å². The molecule has 6 atom stereocenters. The van der Waals surface area contributed by atoms with Crippen LogP contribution in [0.5, 0.6) is 0 Å². The molecule has 5 aliphatic rings. The Balaban J connectivity index is 1.31. The van der Waals surface area contributed by atoms with Gasteiger partial charge in [-0.05, 0) is 117 Å². The highest BCUT2D eigenvalue weighted by molar-refractivity contribution is 6.30. The molecule has 2 bridgehead atoms. The maximum atomic E-state index is 6.63. The Morgan fingerprint density at radius 2 is 1.42 bits per heavy atom. The molecular weight excluding hydrogens is 420 g/mol. The van der Waals surface area contributed by atoms with Crippen LogP contribution in [0.15, 0.2) is 60.7 Å². The summed E-state index contributed by atoms with van der Waals surface area (Å²) in [6, 6.07) is 23.4. The first kappa shape index (κ1) is 19.3. The van der Waals surface area contributed by atoms with Gasteiger partial charge in [0.1, 0.15) is 0 Å². The first-order chi connectivity index (χ1) is 15.8. The maximum Gasteiger partial charge on any atom is 0.0409 e. The summed E-state index contributed by atoms with van der Waals surface area (Å²) in [5, 5.41) is 0.902. The number of rotatable bonds is 1. The van der Waals surface area contributed by atoms with E-state index < -0.39 is 0 Å². The second-order valence-corrected chi connectivity index (χ2v) is 13.3. The molecule has 3 aromatic rings. The molecule has 2 spiro atoms. The highest BCUT2D eigenvalue weighted by Gasteiger charge is 2.84. The molecule has 0 saturated heterocycles. The minimum atomic E-state index is 0.185. The molecule has 8 rings (SSSR count). The molecule has 0 radical (unpaired) electrons. The van der Waals surface area contributed by atoms with E-state index in [-0.39, 0.29) is 10.8 Å². The zero-order chi connectivity index (χ0) is 22.3. The van der Waals surface area contributed by atoms with Gasteiger partial charge >= 0.3 is 0 Å². The molecule has 4 saturated carbocycles. The predicted molar refractivity (Wildman–Crippen MR) is 137 cm³/mol. The van der Waals surface area contributed by atoms with Gasteiger partial charge in [0, 0.05) is 10.4 Å². The molecule has 0 nitrogen and oxygen atoms in total. The van der Waals surface area contributed by atoms with Crippen LogP contribution in [0.3, 0.4) is 0 Å². The molecule has 5 aliphatic carbocycles. The van der Waals surface area contributed by atoms with Gasteiger partial charge in [-0.2, -0.15) is 0 Å². The SMILES string of the molecule is CC(C)(C)c1ccc(-c2ccc3c(c2)C2(c4cc(Cl)ccc4-3)C3CC4CC5CC2C53C4)cc1. The molecule has 33 heavy (non-hydrogen) atoms. The standard InChI is InChI=1S/C32H31Cl/c1-30(2,3)21-7-4-19(5-8-21)20-6-10-24-25-11-9-23(33)16-27(25)32(26(24)14-20)28-13-18-12-22-15-29(32)31(22,28)17-18/h4-11,14,16,18,22,28-29H,12-13,15,17H2,1-3H3. The third kappa shape index (κ3) is 2.05. The monoisotopic (exact) mass is 450 g/mol. The molecule has 166 valence electrons. The average Bonchev–Trinajstić information content (AvgIpc) is 3.40. The smallest absolute Gasteiger partial charge is 0.0409 e. The highest BCUT2D eigenvalue weighted by atomic mass is 35.5. The molecule has 0 aliphatic heterocycles. The fourth-order valence-corrected chi connectivity index (χ4v) is 9.85. The van der Waals surface area contributed by atoms with Crippen molar-refractivity contribution in [3.05, 3.63) is 82.4 Å². The second kappa shape index (κ2) is 5.77. The lowest BCUT2D eigenvalue weighted by Gasteiger charge is -2.76. The average molecular weight is 451 g/mol. The maximum absolute atomic E-state index is 6.63. The summed E-state index contributed by atoms with van der Waals surface area (Å²) in [5.74, 6) is 3.63. The summed E-state index contributed by atoms with van der Waals surface area (Å²) in [6.45, 7) is 6.87. The zero-order valence-corrected chi connectivity index (χ0v) is 20.5. The Labute approximate surface area is 202 Å². The van der Waals surface area contributed by atoms with Gasteiger partial charge < -0.3 is 0 Å². The predicted octanol–water partition coefficient (Wildman–Crippen LogP) is 8.64. The van der Waals surface area contributed by atoms with Crippen molar-refractivity contribution in [3.63, 3.8) is 0 Å². The molecule has 0 N–H and O–H groups in total. The van der Waals surface area contributed by atoms with E-state index >= 15 is 0 Å². The lowest BCUT2D eigenvalue weighted by atomic mass is 9.27.